The van der Waals surface area contributed by atoms with Crippen LogP contribution in [0.3, 0.4) is 0 Å². The predicted octanol–water partition coefficient (Wildman–Crippen LogP) is 5.74. The first kappa shape index (κ1) is 23.8. The molecule has 0 saturated heterocycles. The molecule has 2 aromatic heterocycles. The minimum absolute atomic E-state index is 0.0828. The Balaban J connectivity index is 1.66. The van der Waals surface area contributed by atoms with Gasteiger partial charge < -0.3 is 10.1 Å². The van der Waals surface area contributed by atoms with Crippen molar-refractivity contribution in [1.29, 1.82) is 0 Å². The van der Waals surface area contributed by atoms with Crippen LogP contribution in [0.5, 0.6) is 5.75 Å². The number of aromatic nitrogens is 4. The molecule has 3 heterocycles. The number of para-hydroxylation sites is 1. The fourth-order valence-corrected chi connectivity index (χ4v) is 4.00. The Morgan fingerprint density at radius 2 is 1.89 bits per heavy atom. The molecule has 2 aromatic carbocycles. The molecule has 1 unspecified atom stereocenters. The summed E-state index contributed by atoms with van der Waals surface area (Å²) in [5, 5.41) is 11.1. The van der Waals surface area contributed by atoms with E-state index in [0.29, 0.717) is 30.0 Å². The van der Waals surface area contributed by atoms with Crippen molar-refractivity contribution in [3.05, 3.63) is 59.0 Å². The maximum Gasteiger partial charge on any atom is 0.404 e. The number of aryl methyl sites for hydroxylation is 1. The zero-order chi connectivity index (χ0) is 25.8. The molecule has 11 heteroatoms. The van der Waals surface area contributed by atoms with Gasteiger partial charge in [-0.2, -0.15) is 13.2 Å². The highest BCUT2D eigenvalue weighted by Gasteiger charge is 2.46. The van der Waals surface area contributed by atoms with Gasteiger partial charge in [0.15, 0.2) is 17.4 Å². The molecule has 186 valence electrons. The third-order valence-electron chi connectivity index (χ3n) is 6.12. The van der Waals surface area contributed by atoms with Gasteiger partial charge in [0, 0.05) is 13.0 Å². The lowest BCUT2D eigenvalue weighted by Gasteiger charge is -2.21. The summed E-state index contributed by atoms with van der Waals surface area (Å²) >= 11 is 0. The first-order valence-corrected chi connectivity index (χ1v) is 11.1. The van der Waals surface area contributed by atoms with Crippen molar-refractivity contribution >= 4 is 22.4 Å². The van der Waals surface area contributed by atoms with E-state index in [9.17, 15) is 17.6 Å². The lowest BCUT2D eigenvalue weighted by Crippen LogP contribution is -2.30. The van der Waals surface area contributed by atoms with E-state index >= 15 is 4.39 Å². The van der Waals surface area contributed by atoms with Crippen molar-refractivity contribution in [2.24, 2.45) is 5.41 Å². The number of halogens is 5. The Labute approximate surface area is 202 Å². The summed E-state index contributed by atoms with van der Waals surface area (Å²) in [5.41, 5.74) is -1.08. The molecule has 0 aliphatic carbocycles. The fourth-order valence-electron chi connectivity index (χ4n) is 4.00. The minimum Gasteiger partial charge on any atom is -0.481 e. The number of hydrogen-bond donors (Lipinski definition) is 1. The zero-order valence-corrected chi connectivity index (χ0v) is 19.5. The molecule has 0 saturated carbocycles. The lowest BCUT2D eigenvalue weighted by atomic mass is 9.93. The SMILES string of the molecule is Cc1nnc2nc(C3CCNc4cccc(C#CC(C)(C)C(F)(F)F)c4O3)c3c(F)c(F)ccc3n12. The number of nitrogens with one attached hydrogen (secondary N) is 1. The molecule has 0 spiro atoms. The number of nitrogens with zero attached hydrogens (tertiary/aromatic N) is 4. The summed E-state index contributed by atoms with van der Waals surface area (Å²) in [5.74, 6) is 3.56. The molecular formula is C25H20F5N5O. The minimum atomic E-state index is -4.52. The Morgan fingerprint density at radius 3 is 2.64 bits per heavy atom. The molecule has 0 radical (unpaired) electrons. The standard InChI is InChI=1S/C25H20F5N5O/c1-13-33-34-23-32-21(19-17(35(13)23)8-7-15(26)20(19)27)18-10-12-31-16-6-4-5-14(22(16)36-18)9-11-24(2,3)25(28,29)30/h4-8,18,31H,10,12H2,1-3H3. The van der Waals surface area contributed by atoms with E-state index in [-0.39, 0.29) is 28.2 Å². The van der Waals surface area contributed by atoms with Crippen LogP contribution in [0.2, 0.25) is 0 Å². The number of fused-ring (bicyclic) bond motifs is 4. The maximum atomic E-state index is 15.2. The molecular weight excluding hydrogens is 481 g/mol. The van der Waals surface area contributed by atoms with E-state index in [1.807, 2.05) is 0 Å². The summed E-state index contributed by atoms with van der Waals surface area (Å²) in [6.07, 6.45) is -5.10. The van der Waals surface area contributed by atoms with Gasteiger partial charge in [0.05, 0.1) is 27.8 Å². The number of ether oxygens (including phenoxy) is 1. The van der Waals surface area contributed by atoms with Gasteiger partial charge >= 0.3 is 6.18 Å². The summed E-state index contributed by atoms with van der Waals surface area (Å²) in [4.78, 5) is 4.46. The fraction of sp³-hybridized carbons (Fsp3) is 0.320. The highest BCUT2D eigenvalue weighted by molar-refractivity contribution is 5.85. The van der Waals surface area contributed by atoms with Gasteiger partial charge in [-0.1, -0.05) is 17.9 Å². The summed E-state index contributed by atoms with van der Waals surface area (Å²) in [7, 11) is 0. The second-order valence-electron chi connectivity index (χ2n) is 9.01. The van der Waals surface area contributed by atoms with Crippen LogP contribution in [0.4, 0.5) is 27.6 Å². The highest BCUT2D eigenvalue weighted by atomic mass is 19.4. The Morgan fingerprint density at radius 1 is 1.11 bits per heavy atom. The summed E-state index contributed by atoms with van der Waals surface area (Å²) in [6.45, 7) is 4.02. The molecule has 0 fully saturated rings. The van der Waals surface area contributed by atoms with E-state index in [1.165, 1.54) is 10.5 Å². The molecule has 4 aromatic rings. The molecule has 0 bridgehead atoms. The van der Waals surface area contributed by atoms with Crippen molar-refractivity contribution in [2.75, 3.05) is 11.9 Å². The van der Waals surface area contributed by atoms with Gasteiger partial charge in [-0.3, -0.25) is 4.40 Å². The molecule has 36 heavy (non-hydrogen) atoms. The molecule has 1 aliphatic heterocycles. The van der Waals surface area contributed by atoms with Gasteiger partial charge in [0.25, 0.3) is 5.78 Å². The second-order valence-corrected chi connectivity index (χ2v) is 9.01. The van der Waals surface area contributed by atoms with E-state index < -0.39 is 29.3 Å². The molecule has 0 amide bonds. The van der Waals surface area contributed by atoms with E-state index in [1.54, 1.807) is 25.1 Å². The number of anilines is 1. The van der Waals surface area contributed by atoms with Gasteiger partial charge in [-0.15, -0.1) is 10.2 Å². The first-order valence-electron chi connectivity index (χ1n) is 11.1. The third kappa shape index (κ3) is 3.86. The number of hydrogen-bond acceptors (Lipinski definition) is 5. The second kappa shape index (κ2) is 8.33. The molecule has 1 N–H and O–H groups in total. The van der Waals surface area contributed by atoms with Crippen molar-refractivity contribution in [3.8, 4) is 17.6 Å². The van der Waals surface area contributed by atoms with Crippen LogP contribution >= 0.6 is 0 Å². The van der Waals surface area contributed by atoms with Crippen LogP contribution in [-0.2, 0) is 0 Å². The first-order chi connectivity index (χ1) is 17.0. The van der Waals surface area contributed by atoms with Crippen molar-refractivity contribution < 1.29 is 26.7 Å². The Kier molecular flexibility index (Phi) is 5.50. The lowest BCUT2D eigenvalue weighted by molar-refractivity contribution is -0.190. The quantitative estimate of drug-likeness (QED) is 0.266. The van der Waals surface area contributed by atoms with Crippen LogP contribution in [0.15, 0.2) is 30.3 Å². The van der Waals surface area contributed by atoms with Crippen molar-refractivity contribution in [1.82, 2.24) is 19.6 Å². The van der Waals surface area contributed by atoms with Crippen LogP contribution in [0.25, 0.3) is 16.7 Å². The summed E-state index contributed by atoms with van der Waals surface area (Å²) in [6, 6.07) is 7.32. The Bertz CT molecular complexity index is 1560. The van der Waals surface area contributed by atoms with Gasteiger partial charge in [-0.05, 0) is 45.0 Å². The van der Waals surface area contributed by atoms with Gasteiger partial charge in [0.1, 0.15) is 17.3 Å². The molecule has 1 atom stereocenters. The normalized spacial score (nSPS) is 16.1. The third-order valence-corrected chi connectivity index (χ3v) is 6.12. The molecule has 1 aliphatic rings. The van der Waals surface area contributed by atoms with E-state index in [4.69, 9.17) is 4.74 Å². The number of alkyl halides is 3. The largest absolute Gasteiger partial charge is 0.481 e. The maximum absolute atomic E-state index is 15.2. The molecule has 6 nitrogen and oxygen atoms in total. The smallest absolute Gasteiger partial charge is 0.404 e. The Hall–Kier alpha value is -3.94. The van der Waals surface area contributed by atoms with E-state index in [2.05, 4.69) is 32.3 Å². The predicted molar refractivity (Wildman–Crippen MR) is 123 cm³/mol. The van der Waals surface area contributed by atoms with Gasteiger partial charge in [-0.25, -0.2) is 13.8 Å². The van der Waals surface area contributed by atoms with Crippen LogP contribution in [0, 0.1) is 35.8 Å². The zero-order valence-electron chi connectivity index (χ0n) is 19.5. The molecule has 5 rings (SSSR count). The number of benzene rings is 2. The average molecular weight is 501 g/mol. The van der Waals surface area contributed by atoms with Crippen molar-refractivity contribution in [3.63, 3.8) is 0 Å². The topological polar surface area (TPSA) is 64.3 Å². The van der Waals surface area contributed by atoms with Gasteiger partial charge in [0.2, 0.25) is 0 Å². The van der Waals surface area contributed by atoms with Crippen LogP contribution < -0.4 is 10.1 Å². The highest BCUT2D eigenvalue weighted by Crippen LogP contribution is 2.40. The van der Waals surface area contributed by atoms with Crippen LogP contribution in [0.1, 0.15) is 43.5 Å². The number of rotatable bonds is 1. The van der Waals surface area contributed by atoms with E-state index in [0.717, 1.165) is 19.9 Å². The monoisotopic (exact) mass is 501 g/mol. The van der Waals surface area contributed by atoms with Crippen LogP contribution in [-0.4, -0.2) is 32.3 Å². The average Bonchev–Trinajstić information content (AvgIpc) is 3.05. The van der Waals surface area contributed by atoms with Crippen molar-refractivity contribution in [2.45, 2.75) is 39.5 Å². The summed E-state index contributed by atoms with van der Waals surface area (Å²) < 4.78 is 77.2.